The van der Waals surface area contributed by atoms with E-state index in [1.807, 2.05) is 30.3 Å². The van der Waals surface area contributed by atoms with E-state index in [1.54, 1.807) is 29.2 Å². The summed E-state index contributed by atoms with van der Waals surface area (Å²) in [5, 5.41) is 10.3. The van der Waals surface area contributed by atoms with Crippen LogP contribution in [0.1, 0.15) is 18.1 Å². The smallest absolute Gasteiger partial charge is 0.268 e. The molecule has 1 N–H and O–H groups in total. The van der Waals surface area contributed by atoms with Gasteiger partial charge in [0.05, 0.1) is 6.10 Å². The van der Waals surface area contributed by atoms with Gasteiger partial charge in [0, 0.05) is 23.7 Å². The second-order valence-electron chi connectivity index (χ2n) is 5.59. The first-order valence-electron chi connectivity index (χ1n) is 7.57. The van der Waals surface area contributed by atoms with Crippen LogP contribution in [0.3, 0.4) is 0 Å². The Morgan fingerprint density at radius 1 is 1.17 bits per heavy atom. The Bertz CT molecular complexity index is 660. The molecule has 0 saturated carbocycles. The van der Waals surface area contributed by atoms with Crippen molar-refractivity contribution in [1.82, 2.24) is 4.90 Å². The van der Waals surface area contributed by atoms with Gasteiger partial charge < -0.3 is 14.7 Å². The molecule has 0 spiro atoms. The molecule has 1 saturated heterocycles. The van der Waals surface area contributed by atoms with Gasteiger partial charge in [0.1, 0.15) is 5.75 Å². The van der Waals surface area contributed by atoms with Crippen molar-refractivity contribution < 1.29 is 14.6 Å². The molecular weight excluding hydrogens is 314 g/mol. The monoisotopic (exact) mass is 331 g/mol. The fourth-order valence-corrected chi connectivity index (χ4v) is 2.77. The summed E-state index contributed by atoms with van der Waals surface area (Å²) in [5.41, 5.74) is 0.786. The van der Waals surface area contributed by atoms with Crippen molar-refractivity contribution in [2.45, 2.75) is 18.6 Å². The molecule has 2 atom stereocenters. The summed E-state index contributed by atoms with van der Waals surface area (Å²) in [5.74, 6) is 0.444. The van der Waals surface area contributed by atoms with Crippen molar-refractivity contribution in [3.63, 3.8) is 0 Å². The molecule has 1 unspecified atom stereocenters. The first kappa shape index (κ1) is 15.8. The lowest BCUT2D eigenvalue weighted by Gasteiger charge is -2.24. The summed E-state index contributed by atoms with van der Waals surface area (Å²) in [6.45, 7) is 0.902. The molecule has 1 fully saturated rings. The number of hydrogen-bond acceptors (Lipinski definition) is 3. The number of carbonyl (C=O) groups is 1. The van der Waals surface area contributed by atoms with Gasteiger partial charge in [-0.05, 0) is 30.7 Å². The highest BCUT2D eigenvalue weighted by Crippen LogP contribution is 2.26. The predicted octanol–water partition coefficient (Wildman–Crippen LogP) is 3.05. The molecule has 2 aromatic carbocycles. The zero-order chi connectivity index (χ0) is 16.2. The van der Waals surface area contributed by atoms with Crippen molar-refractivity contribution in [1.29, 1.82) is 0 Å². The normalized spacial score (nSPS) is 18.7. The van der Waals surface area contributed by atoms with Gasteiger partial charge >= 0.3 is 0 Å². The summed E-state index contributed by atoms with van der Waals surface area (Å²) >= 11 is 5.89. The third-order valence-electron chi connectivity index (χ3n) is 3.87. The SMILES string of the molecule is O=C(C(Oc1ccc(Cl)cc1)c1ccccc1)N1CC[C@@H](O)C1. The number of halogens is 1. The van der Waals surface area contributed by atoms with Crippen LogP contribution < -0.4 is 4.74 Å². The number of amides is 1. The molecule has 120 valence electrons. The lowest BCUT2D eigenvalue weighted by molar-refractivity contribution is -0.138. The van der Waals surface area contributed by atoms with Crippen LogP contribution in [0.2, 0.25) is 5.02 Å². The van der Waals surface area contributed by atoms with Crippen LogP contribution >= 0.6 is 11.6 Å². The van der Waals surface area contributed by atoms with Crippen LogP contribution in [-0.4, -0.2) is 35.1 Å². The van der Waals surface area contributed by atoms with Crippen LogP contribution in [0.15, 0.2) is 54.6 Å². The zero-order valence-corrected chi connectivity index (χ0v) is 13.3. The van der Waals surface area contributed by atoms with E-state index in [9.17, 15) is 9.90 Å². The first-order valence-corrected chi connectivity index (χ1v) is 7.95. The molecule has 0 radical (unpaired) electrons. The largest absolute Gasteiger partial charge is 0.476 e. The van der Waals surface area contributed by atoms with Crippen LogP contribution in [-0.2, 0) is 4.79 Å². The lowest BCUT2D eigenvalue weighted by atomic mass is 10.1. The fourth-order valence-electron chi connectivity index (χ4n) is 2.65. The standard InChI is InChI=1S/C18H18ClNO3/c19-14-6-8-16(9-7-14)23-17(13-4-2-1-3-5-13)18(22)20-11-10-15(21)12-20/h1-9,15,17,21H,10-12H2/t15-,17?/m1/s1. The first-order chi connectivity index (χ1) is 11.1. The van der Waals surface area contributed by atoms with E-state index >= 15 is 0 Å². The molecule has 2 aromatic rings. The summed E-state index contributed by atoms with van der Waals surface area (Å²) in [6, 6.07) is 16.3. The van der Waals surface area contributed by atoms with Crippen LogP contribution in [0, 0.1) is 0 Å². The molecule has 1 aliphatic rings. The van der Waals surface area contributed by atoms with Gasteiger partial charge in [0.25, 0.3) is 5.91 Å². The van der Waals surface area contributed by atoms with E-state index in [0.29, 0.717) is 30.3 Å². The molecule has 0 aromatic heterocycles. The number of β-amino-alcohol motifs (C(OH)–C–C–N with tert-alkyl or cyclic N) is 1. The molecule has 1 aliphatic heterocycles. The molecule has 23 heavy (non-hydrogen) atoms. The van der Waals surface area contributed by atoms with Crippen molar-refractivity contribution in [2.24, 2.45) is 0 Å². The van der Waals surface area contributed by atoms with Gasteiger partial charge in [-0.2, -0.15) is 0 Å². The zero-order valence-electron chi connectivity index (χ0n) is 12.6. The Hall–Kier alpha value is -2.04. The number of aliphatic hydroxyl groups is 1. The Kier molecular flexibility index (Phi) is 4.84. The average molecular weight is 332 g/mol. The summed E-state index contributed by atoms with van der Waals surface area (Å²) < 4.78 is 5.93. The Morgan fingerprint density at radius 2 is 1.87 bits per heavy atom. The van der Waals surface area contributed by atoms with E-state index < -0.39 is 12.2 Å². The molecule has 0 bridgehead atoms. The Balaban J connectivity index is 1.84. The highest BCUT2D eigenvalue weighted by molar-refractivity contribution is 6.30. The predicted molar refractivity (Wildman–Crippen MR) is 88.5 cm³/mol. The maximum absolute atomic E-state index is 12.8. The molecule has 1 amide bonds. The van der Waals surface area contributed by atoms with Gasteiger partial charge in [-0.25, -0.2) is 0 Å². The highest BCUT2D eigenvalue weighted by Gasteiger charge is 2.32. The van der Waals surface area contributed by atoms with E-state index in [2.05, 4.69) is 0 Å². The number of nitrogens with zero attached hydrogens (tertiary/aromatic N) is 1. The van der Waals surface area contributed by atoms with Crippen molar-refractivity contribution in [3.05, 3.63) is 65.2 Å². The maximum Gasteiger partial charge on any atom is 0.268 e. The quantitative estimate of drug-likeness (QED) is 0.936. The third-order valence-corrected chi connectivity index (χ3v) is 4.12. The average Bonchev–Trinajstić information content (AvgIpc) is 3.01. The van der Waals surface area contributed by atoms with E-state index in [-0.39, 0.29) is 5.91 Å². The van der Waals surface area contributed by atoms with Crippen LogP contribution in [0.25, 0.3) is 0 Å². The van der Waals surface area contributed by atoms with Crippen LogP contribution in [0.4, 0.5) is 0 Å². The van der Waals surface area contributed by atoms with E-state index in [0.717, 1.165) is 5.56 Å². The van der Waals surface area contributed by atoms with Crippen molar-refractivity contribution in [3.8, 4) is 5.75 Å². The number of benzene rings is 2. The van der Waals surface area contributed by atoms with Crippen molar-refractivity contribution >= 4 is 17.5 Å². The molecular formula is C18H18ClNO3. The number of rotatable bonds is 4. The highest BCUT2D eigenvalue weighted by atomic mass is 35.5. The molecule has 5 heteroatoms. The maximum atomic E-state index is 12.8. The minimum atomic E-state index is -0.734. The van der Waals surface area contributed by atoms with Gasteiger partial charge in [0.2, 0.25) is 6.10 Å². The topological polar surface area (TPSA) is 49.8 Å². The van der Waals surface area contributed by atoms with Gasteiger partial charge in [-0.3, -0.25) is 4.79 Å². The Labute approximate surface area is 140 Å². The number of carbonyl (C=O) groups excluding carboxylic acids is 1. The number of aliphatic hydroxyl groups excluding tert-OH is 1. The minimum absolute atomic E-state index is 0.136. The van der Waals surface area contributed by atoms with Gasteiger partial charge in [-0.1, -0.05) is 41.9 Å². The number of hydrogen-bond donors (Lipinski definition) is 1. The summed E-state index contributed by atoms with van der Waals surface area (Å²) in [4.78, 5) is 14.5. The lowest BCUT2D eigenvalue weighted by Crippen LogP contribution is -2.36. The van der Waals surface area contributed by atoms with E-state index in [1.165, 1.54) is 0 Å². The van der Waals surface area contributed by atoms with Crippen molar-refractivity contribution in [2.75, 3.05) is 13.1 Å². The fraction of sp³-hybridized carbons (Fsp3) is 0.278. The summed E-state index contributed by atoms with van der Waals surface area (Å²) in [7, 11) is 0. The minimum Gasteiger partial charge on any atom is -0.476 e. The van der Waals surface area contributed by atoms with Gasteiger partial charge in [0.15, 0.2) is 0 Å². The van der Waals surface area contributed by atoms with Crippen LogP contribution in [0.5, 0.6) is 5.75 Å². The van der Waals surface area contributed by atoms with Gasteiger partial charge in [-0.15, -0.1) is 0 Å². The second kappa shape index (κ2) is 7.02. The number of likely N-dealkylation sites (tertiary alicyclic amines) is 1. The summed E-state index contributed by atoms with van der Waals surface area (Å²) in [6.07, 6.45) is -0.581. The molecule has 3 rings (SSSR count). The molecule has 0 aliphatic carbocycles. The Morgan fingerprint density at radius 3 is 2.48 bits per heavy atom. The van der Waals surface area contributed by atoms with E-state index in [4.69, 9.17) is 16.3 Å². The third kappa shape index (κ3) is 3.84. The number of ether oxygens (including phenoxy) is 1. The molecule has 4 nitrogen and oxygen atoms in total. The second-order valence-corrected chi connectivity index (χ2v) is 6.03. The molecule has 1 heterocycles.